The van der Waals surface area contributed by atoms with Gasteiger partial charge in [-0.1, -0.05) is 36.8 Å². The fourth-order valence-corrected chi connectivity index (χ4v) is 3.41. The van der Waals surface area contributed by atoms with E-state index in [4.69, 9.17) is 4.74 Å². The molecule has 0 spiro atoms. The lowest BCUT2D eigenvalue weighted by Gasteiger charge is -2.20. The van der Waals surface area contributed by atoms with Crippen molar-refractivity contribution in [1.82, 2.24) is 4.90 Å². The molecular formula is C23H28N2O3. The number of nitrogens with zero attached hydrogens (tertiary/aromatic N) is 2. The third-order valence-corrected chi connectivity index (χ3v) is 5.16. The molecule has 2 aromatic carbocycles. The summed E-state index contributed by atoms with van der Waals surface area (Å²) in [5.41, 5.74) is 4.83. The average molecular weight is 380 g/mol. The smallest absolute Gasteiger partial charge is 0.332 e. The number of carbonyl (C=O) groups excluding carboxylic acids is 2. The molecule has 1 fully saturated rings. The zero-order valence-electron chi connectivity index (χ0n) is 17.3. The van der Waals surface area contributed by atoms with Gasteiger partial charge in [-0.25, -0.2) is 4.79 Å². The Morgan fingerprint density at radius 2 is 1.64 bits per heavy atom. The zero-order chi connectivity index (χ0) is 20.4. The van der Waals surface area contributed by atoms with Gasteiger partial charge in [-0.2, -0.15) is 0 Å². The summed E-state index contributed by atoms with van der Waals surface area (Å²) in [6, 6.07) is 11.4. The second-order valence-electron chi connectivity index (χ2n) is 7.58. The maximum Gasteiger partial charge on any atom is 0.332 e. The van der Waals surface area contributed by atoms with Crippen LogP contribution in [-0.4, -0.2) is 29.5 Å². The van der Waals surface area contributed by atoms with Gasteiger partial charge in [0.2, 0.25) is 0 Å². The second-order valence-corrected chi connectivity index (χ2v) is 7.58. The Morgan fingerprint density at radius 3 is 2.21 bits per heavy atom. The van der Waals surface area contributed by atoms with Gasteiger partial charge in [0.15, 0.2) is 0 Å². The van der Waals surface area contributed by atoms with Crippen LogP contribution < -0.4 is 9.64 Å². The summed E-state index contributed by atoms with van der Waals surface area (Å²) < 4.78 is 6.02. The number of rotatable bonds is 6. The van der Waals surface area contributed by atoms with Crippen LogP contribution in [0, 0.1) is 20.8 Å². The lowest BCUT2D eigenvalue weighted by molar-refractivity contribution is -0.125. The van der Waals surface area contributed by atoms with Gasteiger partial charge in [0, 0.05) is 5.69 Å². The molecule has 28 heavy (non-hydrogen) atoms. The highest BCUT2D eigenvalue weighted by molar-refractivity contribution is 6.12. The van der Waals surface area contributed by atoms with Crippen LogP contribution in [0.1, 0.15) is 42.5 Å². The molecule has 1 unspecified atom stereocenters. The topological polar surface area (TPSA) is 49.9 Å². The van der Waals surface area contributed by atoms with Gasteiger partial charge in [0.25, 0.3) is 5.91 Å². The highest BCUT2D eigenvalue weighted by Crippen LogP contribution is 2.28. The van der Waals surface area contributed by atoms with Crippen LogP contribution in [0.2, 0.25) is 0 Å². The number of hydrogen-bond acceptors (Lipinski definition) is 3. The SMILES string of the molecule is CCC(C)Oc1c(C)cc(CN2C(=O)CN(c3ccc(C)cc3)C2=O)cc1C. The highest BCUT2D eigenvalue weighted by atomic mass is 16.5. The van der Waals surface area contributed by atoms with Gasteiger partial charge in [-0.15, -0.1) is 0 Å². The number of benzene rings is 2. The Bertz CT molecular complexity index is 866. The molecule has 0 saturated carbocycles. The predicted octanol–water partition coefficient (Wildman–Crippen LogP) is 4.76. The molecule has 1 aliphatic rings. The minimum Gasteiger partial charge on any atom is -0.490 e. The molecule has 1 atom stereocenters. The Labute approximate surface area is 166 Å². The van der Waals surface area contributed by atoms with E-state index < -0.39 is 0 Å². The zero-order valence-corrected chi connectivity index (χ0v) is 17.3. The quantitative estimate of drug-likeness (QED) is 0.679. The Hall–Kier alpha value is -2.82. The monoisotopic (exact) mass is 380 g/mol. The summed E-state index contributed by atoms with van der Waals surface area (Å²) in [4.78, 5) is 28.2. The van der Waals surface area contributed by atoms with E-state index in [9.17, 15) is 9.59 Å². The Kier molecular flexibility index (Phi) is 5.73. The van der Waals surface area contributed by atoms with Crippen LogP contribution in [-0.2, 0) is 11.3 Å². The summed E-state index contributed by atoms with van der Waals surface area (Å²) in [5.74, 6) is 0.708. The van der Waals surface area contributed by atoms with Gasteiger partial charge in [0.1, 0.15) is 12.3 Å². The lowest BCUT2D eigenvalue weighted by atomic mass is 10.0. The van der Waals surface area contributed by atoms with Crippen molar-refractivity contribution in [1.29, 1.82) is 0 Å². The van der Waals surface area contributed by atoms with E-state index in [0.717, 1.165) is 40.1 Å². The van der Waals surface area contributed by atoms with Gasteiger partial charge in [-0.3, -0.25) is 14.6 Å². The van der Waals surface area contributed by atoms with Crippen molar-refractivity contribution in [3.05, 3.63) is 58.7 Å². The van der Waals surface area contributed by atoms with Crippen molar-refractivity contribution >= 4 is 17.6 Å². The molecule has 148 valence electrons. The summed E-state index contributed by atoms with van der Waals surface area (Å²) in [5, 5.41) is 0. The predicted molar refractivity (Wildman–Crippen MR) is 111 cm³/mol. The van der Waals surface area contributed by atoms with Gasteiger partial charge < -0.3 is 4.74 Å². The molecule has 0 bridgehead atoms. The fraction of sp³-hybridized carbons (Fsp3) is 0.391. The molecule has 0 N–H and O–H groups in total. The van der Waals surface area contributed by atoms with E-state index in [1.165, 1.54) is 9.80 Å². The number of aryl methyl sites for hydroxylation is 3. The first-order chi connectivity index (χ1) is 13.3. The number of urea groups is 1. The van der Waals surface area contributed by atoms with Crippen LogP contribution in [0.5, 0.6) is 5.75 Å². The lowest BCUT2D eigenvalue weighted by Crippen LogP contribution is -2.32. The first kappa shape index (κ1) is 19.9. The molecule has 5 heteroatoms. The third-order valence-electron chi connectivity index (χ3n) is 5.16. The third kappa shape index (κ3) is 4.03. The number of hydrogen-bond donors (Lipinski definition) is 0. The van der Waals surface area contributed by atoms with E-state index in [2.05, 4.69) is 6.92 Å². The first-order valence-corrected chi connectivity index (χ1v) is 9.75. The van der Waals surface area contributed by atoms with Gasteiger partial charge >= 0.3 is 6.03 Å². The molecule has 2 aromatic rings. The standard InChI is InChI=1S/C23H28N2O3/c1-6-18(5)28-22-16(3)11-19(12-17(22)4)13-25-21(26)14-24(23(25)27)20-9-7-15(2)8-10-20/h7-12,18H,6,13-14H2,1-5H3. The molecule has 1 heterocycles. The number of imide groups is 1. The summed E-state index contributed by atoms with van der Waals surface area (Å²) in [7, 11) is 0. The highest BCUT2D eigenvalue weighted by Gasteiger charge is 2.36. The van der Waals surface area contributed by atoms with Crippen molar-refractivity contribution in [2.24, 2.45) is 0 Å². The van der Waals surface area contributed by atoms with E-state index in [0.29, 0.717) is 0 Å². The van der Waals surface area contributed by atoms with Crippen molar-refractivity contribution in [3.63, 3.8) is 0 Å². The fourth-order valence-electron chi connectivity index (χ4n) is 3.41. The van der Waals surface area contributed by atoms with Crippen LogP contribution in [0.15, 0.2) is 36.4 Å². The maximum absolute atomic E-state index is 12.8. The van der Waals surface area contributed by atoms with Crippen molar-refractivity contribution in [2.75, 3.05) is 11.4 Å². The largest absolute Gasteiger partial charge is 0.490 e. The molecule has 1 saturated heterocycles. The van der Waals surface area contributed by atoms with Crippen LogP contribution >= 0.6 is 0 Å². The van der Waals surface area contributed by atoms with Crippen molar-refractivity contribution in [2.45, 2.75) is 53.7 Å². The number of amides is 3. The summed E-state index contributed by atoms with van der Waals surface area (Å²) >= 11 is 0. The van der Waals surface area contributed by atoms with E-state index in [1.54, 1.807) is 0 Å². The number of anilines is 1. The Balaban J connectivity index is 1.79. The summed E-state index contributed by atoms with van der Waals surface area (Å²) in [6.45, 7) is 10.5. The van der Waals surface area contributed by atoms with Gasteiger partial charge in [-0.05, 0) is 62.9 Å². The first-order valence-electron chi connectivity index (χ1n) is 9.75. The molecule has 3 amide bonds. The molecule has 3 rings (SSSR count). The molecule has 0 radical (unpaired) electrons. The average Bonchev–Trinajstić information content (AvgIpc) is 2.93. The minimum absolute atomic E-state index is 0.0784. The van der Waals surface area contributed by atoms with Crippen molar-refractivity contribution < 1.29 is 14.3 Å². The Morgan fingerprint density at radius 1 is 1.04 bits per heavy atom. The van der Waals surface area contributed by atoms with Crippen molar-refractivity contribution in [3.8, 4) is 5.75 Å². The molecular weight excluding hydrogens is 352 g/mol. The minimum atomic E-state index is -0.274. The molecule has 0 aromatic heterocycles. The molecule has 1 aliphatic heterocycles. The van der Waals surface area contributed by atoms with Crippen LogP contribution in [0.3, 0.4) is 0 Å². The normalized spacial score (nSPS) is 15.3. The van der Waals surface area contributed by atoms with Crippen LogP contribution in [0.4, 0.5) is 10.5 Å². The van der Waals surface area contributed by atoms with Crippen LogP contribution in [0.25, 0.3) is 0 Å². The van der Waals surface area contributed by atoms with E-state index in [1.807, 2.05) is 64.1 Å². The number of ether oxygens (including phenoxy) is 1. The van der Waals surface area contributed by atoms with E-state index >= 15 is 0 Å². The second kappa shape index (κ2) is 8.05. The molecule has 0 aliphatic carbocycles. The number of carbonyl (C=O) groups is 2. The maximum atomic E-state index is 12.8. The van der Waals surface area contributed by atoms with E-state index in [-0.39, 0.29) is 31.1 Å². The summed E-state index contributed by atoms with van der Waals surface area (Å²) in [6.07, 6.45) is 1.08. The van der Waals surface area contributed by atoms with Gasteiger partial charge in [0.05, 0.1) is 12.6 Å². The molecule has 5 nitrogen and oxygen atoms in total.